The zero-order valence-electron chi connectivity index (χ0n) is 20.2. The van der Waals surface area contributed by atoms with Crippen molar-refractivity contribution >= 4 is 21.6 Å². The smallest absolute Gasteiger partial charge is 0.225 e. The van der Waals surface area contributed by atoms with Gasteiger partial charge in [0.05, 0.1) is 11.3 Å². The van der Waals surface area contributed by atoms with Crippen molar-refractivity contribution in [2.24, 2.45) is 0 Å². The summed E-state index contributed by atoms with van der Waals surface area (Å²) in [6.07, 6.45) is 8.54. The zero-order valence-corrected chi connectivity index (χ0v) is 21.1. The van der Waals surface area contributed by atoms with E-state index >= 15 is 0 Å². The van der Waals surface area contributed by atoms with Gasteiger partial charge in [-0.3, -0.25) is 9.80 Å². The average molecular weight is 488 g/mol. The summed E-state index contributed by atoms with van der Waals surface area (Å²) in [4.78, 5) is 20.5. The summed E-state index contributed by atoms with van der Waals surface area (Å²) in [5, 5.41) is 1.09. The number of nitrogens with zero attached hydrogens (tertiary/aromatic N) is 5. The molecule has 2 fully saturated rings. The first-order valence-corrected chi connectivity index (χ1v) is 13.9. The molecule has 0 spiro atoms. The second-order valence-electron chi connectivity index (χ2n) is 10.2. The minimum absolute atomic E-state index is 0.222. The monoisotopic (exact) mass is 487 g/mol. The van der Waals surface area contributed by atoms with Crippen LogP contribution in [0.25, 0.3) is 15.1 Å². The number of aromatic nitrogens is 2. The van der Waals surface area contributed by atoms with Crippen molar-refractivity contribution in [1.29, 1.82) is 0 Å². The normalized spacial score (nSPS) is 25.4. The van der Waals surface area contributed by atoms with E-state index in [-0.39, 0.29) is 6.10 Å². The van der Waals surface area contributed by atoms with Gasteiger partial charge in [-0.2, -0.15) is 0 Å². The van der Waals surface area contributed by atoms with E-state index in [0.29, 0.717) is 18.5 Å². The highest BCUT2D eigenvalue weighted by Gasteiger charge is 2.33. The molecule has 1 atom stereocenters. The van der Waals surface area contributed by atoms with Crippen LogP contribution in [0.15, 0.2) is 36.7 Å². The van der Waals surface area contributed by atoms with Crippen LogP contribution in [0.1, 0.15) is 54.0 Å². The Bertz CT molecular complexity index is 1190. The van der Waals surface area contributed by atoms with Gasteiger partial charge < -0.3 is 9.58 Å². The molecular weight excluding hydrogens is 454 g/mol. The lowest BCUT2D eigenvalue weighted by Gasteiger charge is -2.42. The molecule has 0 unspecified atom stereocenters. The predicted octanol–water partition coefficient (Wildman–Crippen LogP) is 5.15. The molecule has 1 saturated heterocycles. The maximum Gasteiger partial charge on any atom is 0.225 e. The number of piperazine rings is 1. The topological polar surface area (TPSA) is 45.9 Å². The molecule has 7 heteroatoms. The SMILES string of the molecule is [C-]#[N+]C[C@H]1CCc2sc3ncnc(OC4CCC(N5CCN(Cc6ccccc6)CC5)CC4)c3c21. The molecule has 2 aliphatic carbocycles. The van der Waals surface area contributed by atoms with Crippen LogP contribution in [-0.2, 0) is 13.0 Å². The van der Waals surface area contributed by atoms with Crippen LogP contribution in [0, 0.1) is 6.57 Å². The van der Waals surface area contributed by atoms with E-state index in [1.165, 1.54) is 41.9 Å². The molecule has 2 aromatic heterocycles. The minimum atomic E-state index is 0.222. The molecule has 0 bridgehead atoms. The van der Waals surface area contributed by atoms with E-state index in [1.807, 2.05) is 0 Å². The number of benzene rings is 1. The first kappa shape index (κ1) is 22.9. The van der Waals surface area contributed by atoms with Gasteiger partial charge in [0.1, 0.15) is 17.3 Å². The highest BCUT2D eigenvalue weighted by molar-refractivity contribution is 7.19. The largest absolute Gasteiger partial charge is 0.474 e. The Kier molecular flexibility index (Phi) is 6.69. The van der Waals surface area contributed by atoms with Crippen molar-refractivity contribution in [3.8, 4) is 5.88 Å². The number of rotatable bonds is 6. The van der Waals surface area contributed by atoms with Crippen molar-refractivity contribution in [1.82, 2.24) is 19.8 Å². The van der Waals surface area contributed by atoms with Gasteiger partial charge >= 0.3 is 0 Å². The molecule has 0 radical (unpaired) electrons. The van der Waals surface area contributed by atoms with Crippen molar-refractivity contribution in [3.63, 3.8) is 0 Å². The first-order chi connectivity index (χ1) is 17.3. The summed E-state index contributed by atoms with van der Waals surface area (Å²) in [6.45, 7) is 13.6. The number of ether oxygens (including phenoxy) is 1. The highest BCUT2D eigenvalue weighted by Crippen LogP contribution is 2.46. The van der Waals surface area contributed by atoms with E-state index in [4.69, 9.17) is 11.3 Å². The number of fused-ring (bicyclic) bond motifs is 3. The van der Waals surface area contributed by atoms with Gasteiger partial charge in [-0.05, 0) is 49.7 Å². The van der Waals surface area contributed by atoms with Crippen molar-refractivity contribution in [2.75, 3.05) is 32.7 Å². The second kappa shape index (κ2) is 10.2. The van der Waals surface area contributed by atoms with E-state index in [0.717, 1.165) is 61.4 Å². The van der Waals surface area contributed by atoms with Crippen LogP contribution >= 0.6 is 11.3 Å². The molecule has 1 saturated carbocycles. The summed E-state index contributed by atoms with van der Waals surface area (Å²) in [7, 11) is 0. The number of thiophene rings is 1. The molecule has 6 nitrogen and oxygen atoms in total. The van der Waals surface area contributed by atoms with Crippen molar-refractivity contribution < 1.29 is 4.74 Å². The molecule has 6 rings (SSSR count). The van der Waals surface area contributed by atoms with Gasteiger partial charge in [-0.1, -0.05) is 30.3 Å². The Labute approximate surface area is 211 Å². The molecule has 1 aliphatic heterocycles. The van der Waals surface area contributed by atoms with E-state index in [9.17, 15) is 0 Å². The standard InChI is InChI=1S/C28H33N5OS/c1-29-17-21-7-12-24-25(21)26-27(30-19-31-28(26)35-24)34-23-10-8-22(9-11-23)33-15-13-32(14-16-33)18-20-5-3-2-4-6-20/h2-6,19,21-23H,7-18H2/t21-,22?,23?/m1/s1. The summed E-state index contributed by atoms with van der Waals surface area (Å²) in [5.41, 5.74) is 2.72. The summed E-state index contributed by atoms with van der Waals surface area (Å²) in [5.74, 6) is 1.06. The van der Waals surface area contributed by atoms with E-state index in [1.54, 1.807) is 17.7 Å². The van der Waals surface area contributed by atoms with Gasteiger partial charge in [0, 0.05) is 43.6 Å². The maximum atomic E-state index is 7.35. The zero-order chi connectivity index (χ0) is 23.6. The third-order valence-corrected chi connectivity index (χ3v) is 9.27. The predicted molar refractivity (Wildman–Crippen MR) is 140 cm³/mol. The van der Waals surface area contributed by atoms with Crippen molar-refractivity contribution in [3.05, 3.63) is 64.1 Å². The fourth-order valence-electron chi connectivity index (χ4n) is 6.24. The lowest BCUT2D eigenvalue weighted by atomic mass is 9.91. The lowest BCUT2D eigenvalue weighted by molar-refractivity contribution is 0.0487. The Morgan fingerprint density at radius 2 is 1.80 bits per heavy atom. The second-order valence-corrected chi connectivity index (χ2v) is 11.3. The van der Waals surface area contributed by atoms with E-state index < -0.39 is 0 Å². The van der Waals surface area contributed by atoms with Crippen LogP contribution in [-0.4, -0.2) is 64.6 Å². The van der Waals surface area contributed by atoms with Crippen molar-refractivity contribution in [2.45, 2.75) is 63.1 Å². The highest BCUT2D eigenvalue weighted by atomic mass is 32.1. The molecule has 3 heterocycles. The van der Waals surface area contributed by atoms with Crippen LogP contribution in [0.5, 0.6) is 5.88 Å². The van der Waals surface area contributed by atoms with Crippen LogP contribution in [0.4, 0.5) is 0 Å². The number of aryl methyl sites for hydroxylation is 1. The molecule has 0 amide bonds. The maximum absolute atomic E-state index is 7.35. The summed E-state index contributed by atoms with van der Waals surface area (Å²) < 4.78 is 6.55. The lowest BCUT2D eigenvalue weighted by Crippen LogP contribution is -2.51. The fourth-order valence-corrected chi connectivity index (χ4v) is 7.47. The van der Waals surface area contributed by atoms with Gasteiger partial charge in [0.15, 0.2) is 0 Å². The first-order valence-electron chi connectivity index (χ1n) is 13.0. The average Bonchev–Trinajstić information content (AvgIpc) is 3.46. The molecule has 1 aromatic carbocycles. The number of hydrogen-bond donors (Lipinski definition) is 0. The van der Waals surface area contributed by atoms with Crippen LogP contribution in [0.2, 0.25) is 0 Å². The Morgan fingerprint density at radius 3 is 2.57 bits per heavy atom. The Balaban J connectivity index is 1.05. The van der Waals surface area contributed by atoms with E-state index in [2.05, 4.69) is 54.9 Å². The fraction of sp³-hybridized carbons (Fsp3) is 0.536. The van der Waals surface area contributed by atoms with Gasteiger partial charge in [0.2, 0.25) is 12.4 Å². The Hall–Kier alpha value is -2.53. The minimum Gasteiger partial charge on any atom is -0.474 e. The van der Waals surface area contributed by atoms with Gasteiger partial charge in [-0.25, -0.2) is 16.5 Å². The van der Waals surface area contributed by atoms with Gasteiger partial charge in [-0.15, -0.1) is 11.3 Å². The van der Waals surface area contributed by atoms with Gasteiger partial charge in [0.25, 0.3) is 0 Å². The molecule has 3 aromatic rings. The Morgan fingerprint density at radius 1 is 1.00 bits per heavy atom. The third kappa shape index (κ3) is 4.80. The summed E-state index contributed by atoms with van der Waals surface area (Å²) in [6, 6.07) is 11.5. The quantitative estimate of drug-likeness (QED) is 0.450. The summed E-state index contributed by atoms with van der Waals surface area (Å²) >= 11 is 1.77. The van der Waals surface area contributed by atoms with Crippen LogP contribution in [0.3, 0.4) is 0 Å². The molecule has 182 valence electrons. The molecule has 3 aliphatic rings. The number of hydrogen-bond acceptors (Lipinski definition) is 6. The molecule has 35 heavy (non-hydrogen) atoms. The third-order valence-electron chi connectivity index (χ3n) is 8.10. The van der Waals surface area contributed by atoms with Crippen LogP contribution < -0.4 is 4.74 Å². The molecular formula is C28H33N5OS. The molecule has 0 N–H and O–H groups in total.